The normalized spacial score (nSPS) is 11.5. The molecule has 0 aliphatic rings. The summed E-state index contributed by atoms with van der Waals surface area (Å²) in [5, 5.41) is 18.2. The summed E-state index contributed by atoms with van der Waals surface area (Å²) in [6.07, 6.45) is 3.86. The summed E-state index contributed by atoms with van der Waals surface area (Å²) < 4.78 is 5.81. The first kappa shape index (κ1) is 14.6. The number of phenolic OH excluding ortho intramolecular Hbond substituents is 1. The number of aromatic hydroxyl groups is 1. The number of nitrogens with zero attached hydrogens (tertiary/aromatic N) is 1. The number of benzene rings is 2. The van der Waals surface area contributed by atoms with Crippen molar-refractivity contribution < 1.29 is 9.52 Å². The highest BCUT2D eigenvalue weighted by molar-refractivity contribution is 6.31. The quantitative estimate of drug-likeness (QED) is 0.530. The lowest BCUT2D eigenvalue weighted by Crippen LogP contribution is -1.73. The fraction of sp³-hybridized carbons (Fsp3) is 0. The number of aromatic nitrogens is 2. The van der Waals surface area contributed by atoms with Crippen molar-refractivity contribution >= 4 is 34.7 Å². The van der Waals surface area contributed by atoms with Crippen LogP contribution in [-0.4, -0.2) is 15.3 Å². The van der Waals surface area contributed by atoms with Crippen molar-refractivity contribution in [2.75, 3.05) is 0 Å². The smallest absolute Gasteiger partial charge is 0.155 e. The Morgan fingerprint density at radius 3 is 2.67 bits per heavy atom. The Kier molecular flexibility index (Phi) is 3.59. The fourth-order valence-corrected chi connectivity index (χ4v) is 2.64. The lowest BCUT2D eigenvalue weighted by Gasteiger charge is -1.93. The third kappa shape index (κ3) is 2.92. The second kappa shape index (κ2) is 5.91. The second-order valence-electron chi connectivity index (χ2n) is 5.43. The molecule has 5 heteroatoms. The van der Waals surface area contributed by atoms with Gasteiger partial charge in [-0.2, -0.15) is 5.10 Å². The molecule has 0 atom stereocenters. The largest absolute Gasteiger partial charge is 0.508 e. The van der Waals surface area contributed by atoms with Crippen LogP contribution in [0.3, 0.4) is 0 Å². The Morgan fingerprint density at radius 1 is 1.00 bits per heavy atom. The first-order valence-corrected chi connectivity index (χ1v) is 7.77. The van der Waals surface area contributed by atoms with Crippen LogP contribution in [0.25, 0.3) is 34.6 Å². The Balaban J connectivity index is 1.60. The number of H-pyrrole nitrogens is 1. The van der Waals surface area contributed by atoms with Gasteiger partial charge in [0.05, 0.1) is 5.69 Å². The molecular formula is C19H13ClN2O2. The molecule has 4 nitrogen and oxygen atoms in total. The minimum Gasteiger partial charge on any atom is -0.508 e. The van der Waals surface area contributed by atoms with Crippen molar-refractivity contribution in [2.24, 2.45) is 0 Å². The molecule has 2 N–H and O–H groups in total. The van der Waals surface area contributed by atoms with Crippen LogP contribution >= 0.6 is 11.6 Å². The molecule has 4 aromatic rings. The summed E-state index contributed by atoms with van der Waals surface area (Å²) in [6.45, 7) is 0. The van der Waals surface area contributed by atoms with Crippen LogP contribution < -0.4 is 0 Å². The van der Waals surface area contributed by atoms with E-state index in [-0.39, 0.29) is 5.75 Å². The molecule has 0 aliphatic heterocycles. The van der Waals surface area contributed by atoms with Crippen molar-refractivity contribution in [3.8, 4) is 17.2 Å². The van der Waals surface area contributed by atoms with Gasteiger partial charge < -0.3 is 9.52 Å². The molecule has 0 saturated heterocycles. The number of nitrogens with one attached hydrogen (secondary N) is 1. The number of rotatable bonds is 3. The van der Waals surface area contributed by atoms with Crippen LogP contribution in [0.15, 0.2) is 59.0 Å². The predicted octanol–water partition coefficient (Wildman–Crippen LogP) is 5.35. The Bertz CT molecular complexity index is 1030. The number of hydrogen-bond donors (Lipinski definition) is 2. The number of phenols is 1. The SMILES string of the molecule is Oc1ccc(/C=C/c2cc(-c3cc4cc(Cl)ccc4o3)n[nH]2)cc1. The monoisotopic (exact) mass is 336 g/mol. The van der Waals surface area contributed by atoms with Gasteiger partial charge in [0.1, 0.15) is 17.0 Å². The zero-order valence-electron chi connectivity index (χ0n) is 12.5. The molecular weight excluding hydrogens is 324 g/mol. The number of hydrogen-bond acceptors (Lipinski definition) is 3. The van der Waals surface area contributed by atoms with Gasteiger partial charge in [0.25, 0.3) is 0 Å². The van der Waals surface area contributed by atoms with Gasteiger partial charge in [0.2, 0.25) is 0 Å². The standard InChI is InChI=1S/C19H13ClN2O2/c20-14-4-8-18-13(9-14)10-19(24-18)17-11-15(21-22-17)5-1-12-2-6-16(23)7-3-12/h1-11,23H,(H,21,22)/b5-1+. The minimum absolute atomic E-state index is 0.251. The highest BCUT2D eigenvalue weighted by Crippen LogP contribution is 2.29. The summed E-state index contributed by atoms with van der Waals surface area (Å²) in [7, 11) is 0. The molecule has 2 aromatic carbocycles. The first-order valence-electron chi connectivity index (χ1n) is 7.39. The van der Waals surface area contributed by atoms with Gasteiger partial charge in [0.15, 0.2) is 5.76 Å². The van der Waals surface area contributed by atoms with Gasteiger partial charge in [-0.15, -0.1) is 0 Å². The van der Waals surface area contributed by atoms with Crippen molar-refractivity contribution in [1.29, 1.82) is 0 Å². The van der Waals surface area contributed by atoms with Crippen LogP contribution in [0.1, 0.15) is 11.3 Å². The van der Waals surface area contributed by atoms with Gasteiger partial charge in [0, 0.05) is 10.4 Å². The van der Waals surface area contributed by atoms with Crippen molar-refractivity contribution in [1.82, 2.24) is 10.2 Å². The van der Waals surface area contributed by atoms with E-state index in [0.29, 0.717) is 10.8 Å². The Labute approximate surface area is 143 Å². The number of halogens is 1. The highest BCUT2D eigenvalue weighted by atomic mass is 35.5. The van der Waals surface area contributed by atoms with Crippen LogP contribution in [0.2, 0.25) is 5.02 Å². The van der Waals surface area contributed by atoms with Crippen molar-refractivity contribution in [3.63, 3.8) is 0 Å². The number of aromatic amines is 1. The molecule has 118 valence electrons. The first-order chi connectivity index (χ1) is 11.7. The number of fused-ring (bicyclic) bond motifs is 1. The summed E-state index contributed by atoms with van der Waals surface area (Å²) in [4.78, 5) is 0. The van der Waals surface area contributed by atoms with E-state index in [2.05, 4.69) is 10.2 Å². The Morgan fingerprint density at radius 2 is 1.83 bits per heavy atom. The van der Waals surface area contributed by atoms with Gasteiger partial charge in [-0.05, 0) is 54.1 Å². The van der Waals surface area contributed by atoms with E-state index in [9.17, 15) is 5.11 Å². The van der Waals surface area contributed by atoms with Crippen LogP contribution in [0.4, 0.5) is 0 Å². The molecule has 0 spiro atoms. The minimum atomic E-state index is 0.251. The van der Waals surface area contributed by atoms with Crippen LogP contribution in [0.5, 0.6) is 5.75 Å². The molecule has 0 radical (unpaired) electrons. The van der Waals surface area contributed by atoms with E-state index in [1.54, 1.807) is 18.2 Å². The van der Waals surface area contributed by atoms with E-state index < -0.39 is 0 Å². The van der Waals surface area contributed by atoms with Gasteiger partial charge >= 0.3 is 0 Å². The summed E-state index contributed by atoms with van der Waals surface area (Å²) in [6, 6.07) is 16.3. The number of furan rings is 1. The molecule has 0 bridgehead atoms. The van der Waals surface area contributed by atoms with Gasteiger partial charge in [-0.1, -0.05) is 29.8 Å². The molecule has 0 unspecified atom stereocenters. The summed E-state index contributed by atoms with van der Waals surface area (Å²) in [5.41, 5.74) is 3.35. The molecule has 2 heterocycles. The summed E-state index contributed by atoms with van der Waals surface area (Å²) in [5.74, 6) is 0.939. The third-order valence-electron chi connectivity index (χ3n) is 3.68. The summed E-state index contributed by atoms with van der Waals surface area (Å²) >= 11 is 6.00. The Hall–Kier alpha value is -2.98. The average Bonchev–Trinajstić information content (AvgIpc) is 3.20. The maximum atomic E-state index is 9.29. The van der Waals surface area contributed by atoms with E-state index in [1.165, 1.54) is 0 Å². The van der Waals surface area contributed by atoms with Crippen molar-refractivity contribution in [3.05, 3.63) is 70.9 Å². The second-order valence-corrected chi connectivity index (χ2v) is 5.86. The zero-order chi connectivity index (χ0) is 16.5. The molecule has 0 aliphatic carbocycles. The molecule has 2 aromatic heterocycles. The molecule has 0 saturated carbocycles. The molecule has 0 fully saturated rings. The fourth-order valence-electron chi connectivity index (χ4n) is 2.46. The average molecular weight is 337 g/mol. The van der Waals surface area contributed by atoms with Crippen molar-refractivity contribution in [2.45, 2.75) is 0 Å². The van der Waals surface area contributed by atoms with Gasteiger partial charge in [-0.25, -0.2) is 0 Å². The predicted molar refractivity (Wildman–Crippen MR) is 95.8 cm³/mol. The third-order valence-corrected chi connectivity index (χ3v) is 3.91. The van der Waals surface area contributed by atoms with E-state index >= 15 is 0 Å². The zero-order valence-corrected chi connectivity index (χ0v) is 13.3. The lowest BCUT2D eigenvalue weighted by molar-refractivity contribution is 0.475. The lowest BCUT2D eigenvalue weighted by atomic mass is 10.2. The topological polar surface area (TPSA) is 62.1 Å². The molecule has 4 rings (SSSR count). The maximum Gasteiger partial charge on any atom is 0.155 e. The maximum absolute atomic E-state index is 9.29. The van der Waals surface area contributed by atoms with E-state index in [0.717, 1.165) is 27.9 Å². The van der Waals surface area contributed by atoms with Gasteiger partial charge in [-0.3, -0.25) is 5.10 Å². The molecule has 24 heavy (non-hydrogen) atoms. The van der Waals surface area contributed by atoms with Crippen LogP contribution in [-0.2, 0) is 0 Å². The highest BCUT2D eigenvalue weighted by Gasteiger charge is 2.09. The van der Waals surface area contributed by atoms with Crippen LogP contribution in [0, 0.1) is 0 Å². The molecule has 0 amide bonds. The van der Waals surface area contributed by atoms with E-state index in [4.69, 9.17) is 16.0 Å². The van der Waals surface area contributed by atoms with E-state index in [1.807, 2.05) is 48.6 Å².